The largest absolute Gasteiger partial charge is 0.342 e. The Morgan fingerprint density at radius 1 is 1.25 bits per heavy atom. The fourth-order valence-electron chi connectivity index (χ4n) is 3.63. The number of hydrogen-bond acceptors (Lipinski definition) is 2. The van der Waals surface area contributed by atoms with E-state index in [0.717, 1.165) is 44.3 Å². The van der Waals surface area contributed by atoms with Crippen LogP contribution in [-0.2, 0) is 4.79 Å². The fraction of sp³-hybridized carbons (Fsp3) is 0.941. The predicted molar refractivity (Wildman–Crippen MR) is 83.6 cm³/mol. The van der Waals surface area contributed by atoms with Crippen LogP contribution in [0.15, 0.2) is 0 Å². The Kier molecular flexibility index (Phi) is 5.88. The van der Waals surface area contributed by atoms with E-state index in [-0.39, 0.29) is 5.92 Å². The lowest BCUT2D eigenvalue weighted by atomic mass is 9.87. The third kappa shape index (κ3) is 4.47. The van der Waals surface area contributed by atoms with E-state index in [0.29, 0.717) is 11.9 Å². The highest BCUT2D eigenvalue weighted by atomic mass is 16.2. The van der Waals surface area contributed by atoms with Gasteiger partial charge in [0.25, 0.3) is 0 Å². The molecule has 2 fully saturated rings. The molecule has 0 unspecified atom stereocenters. The zero-order chi connectivity index (χ0) is 14.5. The molecule has 0 aliphatic carbocycles. The van der Waals surface area contributed by atoms with Gasteiger partial charge in [-0.3, -0.25) is 4.79 Å². The van der Waals surface area contributed by atoms with Crippen molar-refractivity contribution in [1.29, 1.82) is 0 Å². The number of carbonyl (C=O) groups excluding carboxylic acids is 1. The van der Waals surface area contributed by atoms with Crippen LogP contribution in [0.3, 0.4) is 0 Å². The second-order valence-electron chi connectivity index (χ2n) is 7.32. The Hall–Kier alpha value is -0.570. The number of carbonyl (C=O) groups is 1. The maximum absolute atomic E-state index is 12.6. The first kappa shape index (κ1) is 15.8. The second-order valence-corrected chi connectivity index (χ2v) is 7.32. The van der Waals surface area contributed by atoms with Gasteiger partial charge in [-0.05, 0) is 51.0 Å². The van der Waals surface area contributed by atoms with Crippen molar-refractivity contribution >= 4 is 5.91 Å². The summed E-state index contributed by atoms with van der Waals surface area (Å²) in [5.41, 5.74) is 0. The van der Waals surface area contributed by atoms with Gasteiger partial charge < -0.3 is 10.2 Å². The van der Waals surface area contributed by atoms with Crippen molar-refractivity contribution in [3.8, 4) is 0 Å². The first-order valence-electron chi connectivity index (χ1n) is 8.58. The van der Waals surface area contributed by atoms with Gasteiger partial charge in [-0.15, -0.1) is 0 Å². The number of rotatable bonds is 4. The SMILES string of the molecule is CC(C)CCC1CCN(C(=O)[C@H]2CCN[C@@H](C)C2)CC1. The van der Waals surface area contributed by atoms with E-state index in [1.807, 2.05) is 0 Å². The van der Waals surface area contributed by atoms with E-state index in [1.54, 1.807) is 0 Å². The first-order valence-corrected chi connectivity index (χ1v) is 8.58. The van der Waals surface area contributed by atoms with Crippen molar-refractivity contribution in [3.63, 3.8) is 0 Å². The number of amides is 1. The average molecular weight is 280 g/mol. The molecule has 0 radical (unpaired) electrons. The molecule has 0 spiro atoms. The van der Waals surface area contributed by atoms with Gasteiger partial charge in [-0.2, -0.15) is 0 Å². The molecular weight excluding hydrogens is 248 g/mol. The minimum Gasteiger partial charge on any atom is -0.342 e. The van der Waals surface area contributed by atoms with Crippen molar-refractivity contribution < 1.29 is 4.79 Å². The van der Waals surface area contributed by atoms with Crippen LogP contribution in [0.5, 0.6) is 0 Å². The number of likely N-dealkylation sites (tertiary alicyclic amines) is 1. The molecule has 2 aliphatic heterocycles. The van der Waals surface area contributed by atoms with Crippen LogP contribution in [0.4, 0.5) is 0 Å². The Morgan fingerprint density at radius 3 is 2.55 bits per heavy atom. The van der Waals surface area contributed by atoms with Crippen LogP contribution < -0.4 is 5.32 Å². The lowest BCUT2D eigenvalue weighted by Gasteiger charge is -2.36. The van der Waals surface area contributed by atoms with Gasteiger partial charge >= 0.3 is 0 Å². The molecule has 2 atom stereocenters. The molecule has 0 bridgehead atoms. The van der Waals surface area contributed by atoms with Crippen LogP contribution in [0.2, 0.25) is 0 Å². The smallest absolute Gasteiger partial charge is 0.225 e. The zero-order valence-corrected chi connectivity index (χ0v) is 13.5. The summed E-state index contributed by atoms with van der Waals surface area (Å²) in [6.07, 6.45) is 7.18. The molecule has 2 aliphatic rings. The molecule has 0 aromatic rings. The maximum atomic E-state index is 12.6. The normalized spacial score (nSPS) is 28.9. The Bertz CT molecular complexity index is 308. The van der Waals surface area contributed by atoms with Crippen molar-refractivity contribution in [2.75, 3.05) is 19.6 Å². The third-order valence-corrected chi connectivity index (χ3v) is 5.05. The Balaban J connectivity index is 1.74. The van der Waals surface area contributed by atoms with Crippen LogP contribution in [0.1, 0.15) is 59.3 Å². The maximum Gasteiger partial charge on any atom is 0.225 e. The number of nitrogens with zero attached hydrogens (tertiary/aromatic N) is 1. The van der Waals surface area contributed by atoms with Gasteiger partial charge in [0.15, 0.2) is 0 Å². The van der Waals surface area contributed by atoms with Gasteiger partial charge in [-0.25, -0.2) is 0 Å². The molecule has 2 rings (SSSR count). The highest BCUT2D eigenvalue weighted by Crippen LogP contribution is 2.26. The molecule has 3 heteroatoms. The van der Waals surface area contributed by atoms with Gasteiger partial charge in [-0.1, -0.05) is 26.7 Å². The number of piperidine rings is 2. The van der Waals surface area contributed by atoms with Crippen molar-refractivity contribution in [3.05, 3.63) is 0 Å². The molecule has 1 N–H and O–H groups in total. The van der Waals surface area contributed by atoms with Crippen molar-refractivity contribution in [2.45, 2.75) is 65.3 Å². The van der Waals surface area contributed by atoms with E-state index >= 15 is 0 Å². The van der Waals surface area contributed by atoms with E-state index in [1.165, 1.54) is 25.7 Å². The van der Waals surface area contributed by atoms with Crippen LogP contribution in [0.25, 0.3) is 0 Å². The lowest BCUT2D eigenvalue weighted by Crippen LogP contribution is -2.46. The van der Waals surface area contributed by atoms with Crippen LogP contribution in [0, 0.1) is 17.8 Å². The van der Waals surface area contributed by atoms with Crippen LogP contribution >= 0.6 is 0 Å². The fourth-order valence-corrected chi connectivity index (χ4v) is 3.63. The van der Waals surface area contributed by atoms with Gasteiger partial charge in [0, 0.05) is 25.0 Å². The summed E-state index contributed by atoms with van der Waals surface area (Å²) in [6.45, 7) is 9.80. The van der Waals surface area contributed by atoms with Gasteiger partial charge in [0.1, 0.15) is 0 Å². The zero-order valence-electron chi connectivity index (χ0n) is 13.5. The topological polar surface area (TPSA) is 32.3 Å². The molecule has 0 aromatic carbocycles. The molecule has 3 nitrogen and oxygen atoms in total. The molecule has 116 valence electrons. The summed E-state index contributed by atoms with van der Waals surface area (Å²) >= 11 is 0. The highest BCUT2D eigenvalue weighted by Gasteiger charge is 2.30. The third-order valence-electron chi connectivity index (χ3n) is 5.05. The van der Waals surface area contributed by atoms with Gasteiger partial charge in [0.2, 0.25) is 5.91 Å². The Morgan fingerprint density at radius 2 is 1.95 bits per heavy atom. The quantitative estimate of drug-likeness (QED) is 0.858. The van der Waals surface area contributed by atoms with Crippen molar-refractivity contribution in [1.82, 2.24) is 10.2 Å². The monoisotopic (exact) mass is 280 g/mol. The summed E-state index contributed by atoms with van der Waals surface area (Å²) in [4.78, 5) is 14.7. The summed E-state index contributed by atoms with van der Waals surface area (Å²) in [6, 6.07) is 0.501. The van der Waals surface area contributed by atoms with Gasteiger partial charge in [0.05, 0.1) is 0 Å². The standard InChI is InChI=1S/C17H32N2O/c1-13(2)4-5-15-7-10-19(11-8-15)17(20)16-6-9-18-14(3)12-16/h13-16,18H,4-12H2,1-3H3/t14-,16-/m0/s1. The molecule has 2 saturated heterocycles. The molecular formula is C17H32N2O. The predicted octanol–water partition coefficient (Wildman–Crippen LogP) is 3.05. The molecule has 1 amide bonds. The molecule has 20 heavy (non-hydrogen) atoms. The average Bonchev–Trinajstić information content (AvgIpc) is 2.45. The first-order chi connectivity index (χ1) is 9.56. The summed E-state index contributed by atoms with van der Waals surface area (Å²) in [5.74, 6) is 2.37. The number of hydrogen-bond donors (Lipinski definition) is 1. The van der Waals surface area contributed by atoms with Crippen LogP contribution in [-0.4, -0.2) is 36.5 Å². The van der Waals surface area contributed by atoms with E-state index < -0.39 is 0 Å². The molecule has 0 aromatic heterocycles. The summed E-state index contributed by atoms with van der Waals surface area (Å²) in [7, 11) is 0. The Labute approximate surface area is 124 Å². The minimum absolute atomic E-state index is 0.276. The molecule has 0 saturated carbocycles. The van der Waals surface area contributed by atoms with Crippen molar-refractivity contribution in [2.24, 2.45) is 17.8 Å². The van der Waals surface area contributed by atoms with E-state index in [4.69, 9.17) is 0 Å². The molecule has 2 heterocycles. The summed E-state index contributed by atoms with van der Waals surface area (Å²) < 4.78 is 0. The summed E-state index contributed by atoms with van der Waals surface area (Å²) in [5, 5.41) is 3.43. The lowest BCUT2D eigenvalue weighted by molar-refractivity contribution is -0.138. The minimum atomic E-state index is 0.276. The second kappa shape index (κ2) is 7.44. The number of nitrogens with one attached hydrogen (secondary N) is 1. The van der Waals surface area contributed by atoms with E-state index in [2.05, 4.69) is 31.0 Å². The highest BCUT2D eigenvalue weighted by molar-refractivity contribution is 5.79. The van der Waals surface area contributed by atoms with E-state index in [9.17, 15) is 4.79 Å².